The number of carbonyl (C=O) groups excluding carboxylic acids is 2. The van der Waals surface area contributed by atoms with E-state index in [1.165, 1.54) is 4.90 Å². The van der Waals surface area contributed by atoms with Gasteiger partial charge in [-0.05, 0) is 44.3 Å². The molecule has 0 bridgehead atoms. The minimum atomic E-state index is -1.30. The molecule has 3 aliphatic rings. The monoisotopic (exact) mass is 432 g/mol. The number of hydrogen-bond donors (Lipinski definition) is 3. The molecular weight excluding hydrogens is 420 g/mol. The van der Waals surface area contributed by atoms with Gasteiger partial charge < -0.3 is 20.3 Å². The third-order valence-electron chi connectivity index (χ3n) is 5.11. The molecule has 1 aromatic rings. The topological polar surface area (TPSA) is 86.6 Å². The van der Waals surface area contributed by atoms with Crippen LogP contribution in [0.3, 0.4) is 0 Å². The molecule has 0 radical (unpaired) electrons. The molecule has 0 spiro atoms. The molecule has 1 aromatic heterocycles. The van der Waals surface area contributed by atoms with Crippen molar-refractivity contribution in [3.8, 4) is 0 Å². The maximum absolute atomic E-state index is 12.5. The van der Waals surface area contributed by atoms with Crippen LogP contribution < -0.4 is 10.6 Å². The number of hydrogen-bond acceptors (Lipinski definition) is 3. The van der Waals surface area contributed by atoms with E-state index < -0.39 is 11.8 Å². The summed E-state index contributed by atoms with van der Waals surface area (Å²) in [6.45, 7) is 1.87. The highest BCUT2D eigenvalue weighted by Crippen LogP contribution is 2.48. The lowest BCUT2D eigenvalue weighted by atomic mass is 10.0. The van der Waals surface area contributed by atoms with E-state index in [9.17, 15) is 14.7 Å². The summed E-state index contributed by atoms with van der Waals surface area (Å²) in [5.41, 5.74) is 0.132. The van der Waals surface area contributed by atoms with E-state index in [1.54, 1.807) is 7.05 Å². The van der Waals surface area contributed by atoms with Crippen LogP contribution in [0.4, 0.5) is 4.79 Å². The van der Waals surface area contributed by atoms with Crippen molar-refractivity contribution in [2.75, 3.05) is 7.05 Å². The van der Waals surface area contributed by atoms with Crippen molar-refractivity contribution in [1.29, 1.82) is 0 Å². The number of rotatable bonds is 0. The van der Waals surface area contributed by atoms with Crippen LogP contribution in [0.25, 0.3) is 0 Å². The smallest absolute Gasteiger partial charge is 0.319 e. The number of nitrogens with one attached hydrogen (secondary N) is 2. The molecule has 0 unspecified atom stereocenters. The summed E-state index contributed by atoms with van der Waals surface area (Å²) in [5, 5.41) is 16.7. The van der Waals surface area contributed by atoms with Crippen molar-refractivity contribution in [1.82, 2.24) is 20.1 Å². The van der Waals surface area contributed by atoms with Crippen LogP contribution in [0, 0.1) is 6.92 Å². The fraction of sp³-hybridized carbons (Fsp3) is 0.538. The van der Waals surface area contributed by atoms with Crippen molar-refractivity contribution in [3.63, 3.8) is 0 Å². The number of urea groups is 1. The second-order valence-electron chi connectivity index (χ2n) is 6.08. The zero-order valence-corrected chi connectivity index (χ0v) is 15.0. The molecule has 1 aliphatic carbocycles. The molecule has 4 rings (SSSR count). The normalized spacial score (nSPS) is 35.9. The Balaban J connectivity index is 1.87. The summed E-state index contributed by atoms with van der Waals surface area (Å²) in [6.07, 6.45) is 0.351. The van der Waals surface area contributed by atoms with E-state index in [-0.39, 0.29) is 24.0 Å². The third-order valence-corrected chi connectivity index (χ3v) is 7.39. The van der Waals surface area contributed by atoms with Gasteiger partial charge in [0.2, 0.25) is 0 Å². The van der Waals surface area contributed by atoms with Gasteiger partial charge in [-0.1, -0.05) is 0 Å². The van der Waals surface area contributed by atoms with E-state index in [0.29, 0.717) is 12.1 Å². The summed E-state index contributed by atoms with van der Waals surface area (Å²) in [4.78, 5) is 25.6. The first kappa shape index (κ1) is 14.5. The molecule has 1 saturated carbocycles. The minimum Gasteiger partial charge on any atom is -0.368 e. The van der Waals surface area contributed by atoms with Crippen LogP contribution in [-0.4, -0.2) is 51.4 Å². The maximum Gasteiger partial charge on any atom is 0.319 e. The lowest BCUT2D eigenvalue weighted by Crippen LogP contribution is -2.56. The zero-order valence-electron chi connectivity index (χ0n) is 11.9. The first-order valence-corrected chi connectivity index (χ1v) is 8.49. The molecule has 3 N–H and O–H groups in total. The highest BCUT2D eigenvalue weighted by atomic mass is 79.9. The number of fused-ring (bicyclic) bond motifs is 5. The maximum atomic E-state index is 12.5. The standard InChI is InChI=1S/C13H14Br2N4O3/c1-4-6(14)10(15)19-5-3-13(22)9(17-12(21)18(13)2)7(5)16-11(20)8(4)19/h5,7,9,22H,3H2,1-2H3,(H,16,20)(H,17,21)/t5-,7-,9+,13+/m1/s1. The lowest BCUT2D eigenvalue weighted by molar-refractivity contribution is -0.0561. The molecule has 0 aromatic carbocycles. The zero-order chi connectivity index (χ0) is 16.0. The Morgan fingerprint density at radius 2 is 2.00 bits per heavy atom. The van der Waals surface area contributed by atoms with Gasteiger partial charge in [0, 0.05) is 13.5 Å². The van der Waals surface area contributed by atoms with Crippen molar-refractivity contribution >= 4 is 43.8 Å². The van der Waals surface area contributed by atoms with E-state index in [2.05, 4.69) is 42.5 Å². The van der Waals surface area contributed by atoms with Crippen LogP contribution in [0.5, 0.6) is 0 Å². The van der Waals surface area contributed by atoms with Gasteiger partial charge in [0.15, 0.2) is 5.72 Å². The molecule has 9 heteroatoms. The fourth-order valence-electron chi connectivity index (χ4n) is 3.91. The number of halogens is 2. The van der Waals surface area contributed by atoms with Crippen LogP contribution in [-0.2, 0) is 0 Å². The molecular formula is C13H14Br2N4O3. The summed E-state index contributed by atoms with van der Waals surface area (Å²) >= 11 is 7.02. The summed E-state index contributed by atoms with van der Waals surface area (Å²) in [5.74, 6) is -0.196. The van der Waals surface area contributed by atoms with Crippen LogP contribution in [0.2, 0.25) is 0 Å². The minimum absolute atomic E-state index is 0.134. The lowest BCUT2D eigenvalue weighted by Gasteiger charge is -2.32. The number of nitrogens with zero attached hydrogens (tertiary/aromatic N) is 2. The van der Waals surface area contributed by atoms with Crippen LogP contribution >= 0.6 is 31.9 Å². The predicted molar refractivity (Wildman–Crippen MR) is 84.5 cm³/mol. The van der Waals surface area contributed by atoms with Crippen LogP contribution in [0.15, 0.2) is 9.08 Å². The molecule has 1 saturated heterocycles. The van der Waals surface area contributed by atoms with Crippen molar-refractivity contribution < 1.29 is 14.7 Å². The molecule has 2 fully saturated rings. The average molecular weight is 434 g/mol. The Kier molecular flexibility index (Phi) is 2.82. The predicted octanol–water partition coefficient (Wildman–Crippen LogP) is 1.09. The molecule has 22 heavy (non-hydrogen) atoms. The molecule has 7 nitrogen and oxygen atoms in total. The third kappa shape index (κ3) is 1.49. The average Bonchev–Trinajstić information content (AvgIpc) is 2.96. The van der Waals surface area contributed by atoms with E-state index in [1.807, 2.05) is 11.5 Å². The summed E-state index contributed by atoms with van der Waals surface area (Å²) in [7, 11) is 1.57. The number of likely N-dealkylation sites (N-methyl/N-ethyl adjacent to an activating group) is 1. The van der Waals surface area contributed by atoms with Crippen molar-refractivity contribution in [3.05, 3.63) is 20.3 Å². The van der Waals surface area contributed by atoms with E-state index >= 15 is 0 Å². The van der Waals surface area contributed by atoms with Gasteiger partial charge in [-0.15, -0.1) is 0 Å². The Labute approximate surface area is 143 Å². The molecule has 3 heterocycles. The Morgan fingerprint density at radius 3 is 2.68 bits per heavy atom. The first-order chi connectivity index (χ1) is 10.3. The highest BCUT2D eigenvalue weighted by Gasteiger charge is 2.63. The Bertz CT molecular complexity index is 733. The van der Waals surface area contributed by atoms with Crippen LogP contribution in [0.1, 0.15) is 28.5 Å². The van der Waals surface area contributed by atoms with Gasteiger partial charge in [-0.25, -0.2) is 4.79 Å². The van der Waals surface area contributed by atoms with Gasteiger partial charge >= 0.3 is 6.03 Å². The summed E-state index contributed by atoms with van der Waals surface area (Å²) < 4.78 is 3.53. The van der Waals surface area contributed by atoms with Gasteiger partial charge in [-0.2, -0.15) is 0 Å². The van der Waals surface area contributed by atoms with E-state index in [4.69, 9.17) is 0 Å². The molecule has 4 atom stereocenters. The molecule has 2 aliphatic heterocycles. The fourth-order valence-corrected chi connectivity index (χ4v) is 5.03. The Hall–Kier alpha value is -1.06. The van der Waals surface area contributed by atoms with Gasteiger partial charge in [0.05, 0.1) is 16.6 Å². The first-order valence-electron chi connectivity index (χ1n) is 6.90. The highest BCUT2D eigenvalue weighted by molar-refractivity contribution is 9.13. The van der Waals surface area contributed by atoms with Gasteiger partial charge in [-0.3, -0.25) is 9.69 Å². The number of aliphatic hydroxyl groups is 1. The summed E-state index contributed by atoms with van der Waals surface area (Å²) in [6, 6.07) is -1.34. The SMILES string of the molecule is Cc1c(Br)c(Br)n2c1C(=O)N[C@@H]1[C@H]2C[C@]2(O)[C@H]1NC(=O)N2C. The molecule has 3 amide bonds. The van der Waals surface area contributed by atoms with Gasteiger partial charge in [0.25, 0.3) is 5.91 Å². The second kappa shape index (κ2) is 4.27. The largest absolute Gasteiger partial charge is 0.368 e. The second-order valence-corrected chi connectivity index (χ2v) is 7.63. The number of carbonyl (C=O) groups is 2. The van der Waals surface area contributed by atoms with Gasteiger partial charge in [0.1, 0.15) is 16.3 Å². The van der Waals surface area contributed by atoms with E-state index in [0.717, 1.165) is 14.6 Å². The Morgan fingerprint density at radius 1 is 1.32 bits per heavy atom. The number of aromatic nitrogens is 1. The quantitative estimate of drug-likeness (QED) is 0.572. The molecule has 118 valence electrons. The van der Waals surface area contributed by atoms with Crippen molar-refractivity contribution in [2.45, 2.75) is 37.2 Å². The number of amides is 3. The van der Waals surface area contributed by atoms with Crippen molar-refractivity contribution in [2.24, 2.45) is 0 Å².